The van der Waals surface area contributed by atoms with Gasteiger partial charge in [-0.3, -0.25) is 9.59 Å². The minimum Gasteiger partial charge on any atom is -0.342 e. The smallest absolute Gasteiger partial charge is 0.246 e. The fourth-order valence-corrected chi connectivity index (χ4v) is 2.67. The van der Waals surface area contributed by atoms with Crippen molar-refractivity contribution in [2.75, 3.05) is 0 Å². The summed E-state index contributed by atoms with van der Waals surface area (Å²) in [4.78, 5) is 26.7. The second-order valence-electron chi connectivity index (χ2n) is 6.27. The molecule has 0 spiro atoms. The van der Waals surface area contributed by atoms with Gasteiger partial charge in [-0.1, -0.05) is 43.6 Å². The van der Waals surface area contributed by atoms with E-state index in [2.05, 4.69) is 5.32 Å². The van der Waals surface area contributed by atoms with Crippen molar-refractivity contribution in [2.45, 2.75) is 45.8 Å². The van der Waals surface area contributed by atoms with E-state index in [1.165, 1.54) is 0 Å². The highest BCUT2D eigenvalue weighted by Crippen LogP contribution is 2.27. The highest BCUT2D eigenvalue weighted by atomic mass is 35.5. The molecular weight excluding hydrogens is 288 g/mol. The zero-order chi connectivity index (χ0) is 15.8. The minimum atomic E-state index is -0.887. The molecule has 1 N–H and O–H groups in total. The van der Waals surface area contributed by atoms with Crippen molar-refractivity contribution in [1.29, 1.82) is 0 Å². The molecule has 0 saturated carbocycles. The van der Waals surface area contributed by atoms with Crippen LogP contribution in [0, 0.1) is 5.92 Å². The van der Waals surface area contributed by atoms with Gasteiger partial charge in [-0.05, 0) is 31.4 Å². The summed E-state index contributed by atoms with van der Waals surface area (Å²) in [6.07, 6.45) is 0. The number of halogens is 1. The zero-order valence-corrected chi connectivity index (χ0v) is 13.6. The van der Waals surface area contributed by atoms with Crippen molar-refractivity contribution in [3.8, 4) is 0 Å². The Kier molecular flexibility index (Phi) is 4.28. The Bertz CT molecular complexity index is 569. The Labute approximate surface area is 130 Å². The van der Waals surface area contributed by atoms with Crippen molar-refractivity contribution in [3.63, 3.8) is 0 Å². The number of hydrogen-bond donors (Lipinski definition) is 1. The van der Waals surface area contributed by atoms with Crippen molar-refractivity contribution in [3.05, 3.63) is 34.9 Å². The highest BCUT2D eigenvalue weighted by molar-refractivity contribution is 6.31. The largest absolute Gasteiger partial charge is 0.342 e. The average molecular weight is 309 g/mol. The van der Waals surface area contributed by atoms with Gasteiger partial charge in [-0.15, -0.1) is 0 Å². The fraction of sp³-hybridized carbons (Fsp3) is 0.500. The van der Waals surface area contributed by atoms with Crippen LogP contribution in [-0.2, 0) is 16.1 Å². The topological polar surface area (TPSA) is 49.4 Å². The van der Waals surface area contributed by atoms with Gasteiger partial charge in [0.15, 0.2) is 0 Å². The molecule has 2 rings (SSSR count). The van der Waals surface area contributed by atoms with Gasteiger partial charge in [0.1, 0.15) is 11.6 Å². The maximum atomic E-state index is 12.7. The van der Waals surface area contributed by atoms with Gasteiger partial charge >= 0.3 is 0 Å². The molecule has 1 aromatic rings. The molecule has 114 valence electrons. The molecule has 1 heterocycles. The zero-order valence-electron chi connectivity index (χ0n) is 12.8. The number of amides is 2. The van der Waals surface area contributed by atoms with E-state index in [9.17, 15) is 9.59 Å². The Morgan fingerprint density at radius 1 is 1.29 bits per heavy atom. The van der Waals surface area contributed by atoms with Crippen LogP contribution in [0.3, 0.4) is 0 Å². The van der Waals surface area contributed by atoms with E-state index in [-0.39, 0.29) is 17.7 Å². The number of carbonyl (C=O) groups is 2. The summed E-state index contributed by atoms with van der Waals surface area (Å²) >= 11 is 6.18. The monoisotopic (exact) mass is 308 g/mol. The molecule has 0 aromatic heterocycles. The second-order valence-corrected chi connectivity index (χ2v) is 6.68. The Balaban J connectivity index is 2.35. The maximum Gasteiger partial charge on any atom is 0.246 e. The third kappa shape index (κ3) is 2.91. The lowest BCUT2D eigenvalue weighted by Crippen LogP contribution is -2.69. The van der Waals surface area contributed by atoms with Crippen molar-refractivity contribution in [1.82, 2.24) is 10.2 Å². The van der Waals surface area contributed by atoms with E-state index >= 15 is 0 Å². The van der Waals surface area contributed by atoms with Crippen LogP contribution in [0.4, 0.5) is 0 Å². The molecule has 4 nitrogen and oxygen atoms in total. The van der Waals surface area contributed by atoms with Crippen LogP contribution in [0.25, 0.3) is 0 Å². The predicted octanol–water partition coefficient (Wildman–Crippen LogP) is 2.60. The number of nitrogens with one attached hydrogen (secondary N) is 1. The Hall–Kier alpha value is -1.55. The molecule has 1 aliphatic heterocycles. The van der Waals surface area contributed by atoms with Crippen molar-refractivity contribution < 1.29 is 9.59 Å². The molecule has 1 aliphatic rings. The van der Waals surface area contributed by atoms with Crippen LogP contribution >= 0.6 is 11.6 Å². The van der Waals surface area contributed by atoms with Gasteiger partial charge in [0.25, 0.3) is 0 Å². The lowest BCUT2D eigenvalue weighted by Gasteiger charge is -2.45. The minimum absolute atomic E-state index is 0.0475. The number of carbonyl (C=O) groups excluding carboxylic acids is 2. The van der Waals surface area contributed by atoms with Crippen LogP contribution in [0.2, 0.25) is 5.02 Å². The number of benzene rings is 1. The Morgan fingerprint density at radius 2 is 1.90 bits per heavy atom. The van der Waals surface area contributed by atoms with Gasteiger partial charge in [0.05, 0.1) is 0 Å². The number of nitrogens with zero attached hydrogens (tertiary/aromatic N) is 1. The highest BCUT2D eigenvalue weighted by Gasteiger charge is 2.47. The molecule has 1 saturated heterocycles. The number of rotatable bonds is 3. The first-order valence-electron chi connectivity index (χ1n) is 7.11. The van der Waals surface area contributed by atoms with Crippen molar-refractivity contribution in [2.24, 2.45) is 5.92 Å². The van der Waals surface area contributed by atoms with Crippen LogP contribution in [-0.4, -0.2) is 28.3 Å². The summed E-state index contributed by atoms with van der Waals surface area (Å²) in [5.41, 5.74) is -0.0421. The summed E-state index contributed by atoms with van der Waals surface area (Å²) in [5.74, 6) is -0.145. The first-order chi connectivity index (χ1) is 9.75. The van der Waals surface area contributed by atoms with Crippen molar-refractivity contribution >= 4 is 23.4 Å². The normalized spacial score (nSPS) is 21.6. The first-order valence-corrected chi connectivity index (χ1v) is 7.48. The molecule has 0 aliphatic carbocycles. The van der Waals surface area contributed by atoms with Crippen LogP contribution in [0.1, 0.15) is 33.3 Å². The fourth-order valence-electron chi connectivity index (χ4n) is 2.47. The second kappa shape index (κ2) is 5.68. The number of piperazine rings is 1. The third-order valence-electron chi connectivity index (χ3n) is 4.00. The summed E-state index contributed by atoms with van der Waals surface area (Å²) in [7, 11) is 0. The quantitative estimate of drug-likeness (QED) is 0.933. The summed E-state index contributed by atoms with van der Waals surface area (Å²) in [6, 6.07) is 6.91. The molecule has 1 unspecified atom stereocenters. The molecule has 1 atom stereocenters. The van der Waals surface area contributed by atoms with E-state index in [4.69, 9.17) is 11.6 Å². The van der Waals surface area contributed by atoms with Gasteiger partial charge in [-0.25, -0.2) is 0 Å². The predicted molar refractivity (Wildman–Crippen MR) is 82.8 cm³/mol. The van der Waals surface area contributed by atoms with E-state index in [0.29, 0.717) is 11.6 Å². The lowest BCUT2D eigenvalue weighted by molar-refractivity contribution is -0.157. The maximum absolute atomic E-state index is 12.7. The molecule has 5 heteroatoms. The van der Waals surface area contributed by atoms with Gasteiger partial charge < -0.3 is 10.2 Å². The lowest BCUT2D eigenvalue weighted by atomic mass is 9.91. The SMILES string of the molecule is CC(C)C1NC(=O)C(C)(C)N(Cc2ccccc2Cl)C1=O. The molecule has 1 fully saturated rings. The van der Waals surface area contributed by atoms with Crippen LogP contribution in [0.5, 0.6) is 0 Å². The first kappa shape index (κ1) is 15.8. The van der Waals surface area contributed by atoms with E-state index in [1.54, 1.807) is 24.8 Å². The van der Waals surface area contributed by atoms with Crippen LogP contribution in [0.15, 0.2) is 24.3 Å². The van der Waals surface area contributed by atoms with E-state index < -0.39 is 11.6 Å². The number of hydrogen-bond acceptors (Lipinski definition) is 2. The molecule has 1 aromatic carbocycles. The average Bonchev–Trinajstić information content (AvgIpc) is 2.40. The van der Waals surface area contributed by atoms with Gasteiger partial charge in [-0.2, -0.15) is 0 Å². The van der Waals surface area contributed by atoms with Gasteiger partial charge in [0, 0.05) is 11.6 Å². The molecule has 0 radical (unpaired) electrons. The molecule has 21 heavy (non-hydrogen) atoms. The third-order valence-corrected chi connectivity index (χ3v) is 4.37. The summed E-state index contributed by atoms with van der Waals surface area (Å²) in [5, 5.41) is 3.43. The van der Waals surface area contributed by atoms with Gasteiger partial charge in [0.2, 0.25) is 11.8 Å². The molecule has 2 amide bonds. The van der Waals surface area contributed by atoms with E-state index in [1.807, 2.05) is 32.0 Å². The molecular formula is C16H21ClN2O2. The molecule has 0 bridgehead atoms. The Morgan fingerprint density at radius 3 is 2.48 bits per heavy atom. The standard InChI is InChI=1S/C16H21ClN2O2/c1-10(2)13-14(20)19(16(3,4)15(21)18-13)9-11-7-5-6-8-12(11)17/h5-8,10,13H,9H2,1-4H3,(H,18,21). The summed E-state index contributed by atoms with van der Waals surface area (Å²) < 4.78 is 0. The summed E-state index contributed by atoms with van der Waals surface area (Å²) in [6.45, 7) is 7.70. The van der Waals surface area contributed by atoms with E-state index in [0.717, 1.165) is 5.56 Å². The van der Waals surface area contributed by atoms with Crippen LogP contribution < -0.4 is 5.32 Å².